The topological polar surface area (TPSA) is 163 Å². The van der Waals surface area contributed by atoms with Crippen LogP contribution in [0.1, 0.15) is 92.9 Å². The summed E-state index contributed by atoms with van der Waals surface area (Å²) in [7, 11) is 0. The Hall–Kier alpha value is -2.08. The number of hydrogen-bond acceptors (Lipinski definition) is 8. The first-order chi connectivity index (χ1) is 20.8. The quantitative estimate of drug-likeness (QED) is 0.191. The number of aliphatic hydroxyl groups excluding tert-OH is 2. The molecule has 5 aliphatic rings. The van der Waals surface area contributed by atoms with E-state index in [9.17, 15) is 30.0 Å². The van der Waals surface area contributed by atoms with Crippen molar-refractivity contribution >= 4 is 11.9 Å². The van der Waals surface area contributed by atoms with E-state index in [1.807, 2.05) is 13.8 Å². The normalized spacial score (nSPS) is 38.9. The predicted octanol–water partition coefficient (Wildman–Crippen LogP) is 2.62. The van der Waals surface area contributed by atoms with Gasteiger partial charge in [-0.25, -0.2) is 0 Å². The van der Waals surface area contributed by atoms with Crippen LogP contribution < -0.4 is 21.3 Å². The highest BCUT2D eigenvalue weighted by molar-refractivity contribution is 5.67. The molecule has 0 aliphatic carbocycles. The molecule has 0 aromatic carbocycles. The molecule has 10 heteroatoms. The maximum atomic E-state index is 11.6. The Morgan fingerprint density at radius 3 is 1.68 bits per heavy atom. The summed E-state index contributed by atoms with van der Waals surface area (Å²) in [6.45, 7) is 12.3. The molecule has 10 nitrogen and oxygen atoms in total. The second-order valence-electron chi connectivity index (χ2n) is 14.3. The van der Waals surface area contributed by atoms with Crippen LogP contribution in [-0.2, 0) is 9.59 Å². The van der Waals surface area contributed by atoms with Crippen LogP contribution >= 0.6 is 0 Å². The summed E-state index contributed by atoms with van der Waals surface area (Å²) in [4.78, 5) is 23.3. The lowest BCUT2D eigenvalue weighted by molar-refractivity contribution is -0.138. The van der Waals surface area contributed by atoms with Crippen molar-refractivity contribution in [2.45, 2.75) is 153 Å². The van der Waals surface area contributed by atoms with Crippen LogP contribution in [0.2, 0.25) is 0 Å². The van der Waals surface area contributed by atoms with E-state index in [0.29, 0.717) is 12.8 Å². The van der Waals surface area contributed by atoms with Crippen molar-refractivity contribution < 1.29 is 30.0 Å². The number of rotatable bonds is 8. The van der Waals surface area contributed by atoms with Crippen LogP contribution in [0, 0.1) is 11.8 Å². The van der Waals surface area contributed by atoms with E-state index in [0.717, 1.165) is 42.4 Å². The molecule has 44 heavy (non-hydrogen) atoms. The molecule has 0 aromatic heterocycles. The summed E-state index contributed by atoms with van der Waals surface area (Å²) in [5, 5.41) is 56.5. The van der Waals surface area contributed by atoms with Gasteiger partial charge >= 0.3 is 11.9 Å². The van der Waals surface area contributed by atoms with Crippen molar-refractivity contribution in [3.63, 3.8) is 0 Å². The fraction of sp³-hybridized carbons (Fsp3) is 0.765. The second-order valence-corrected chi connectivity index (χ2v) is 14.3. The van der Waals surface area contributed by atoms with Gasteiger partial charge in [0, 0.05) is 61.2 Å². The number of aliphatic hydroxyl groups is 2. The van der Waals surface area contributed by atoms with E-state index in [1.54, 1.807) is 0 Å². The van der Waals surface area contributed by atoms with E-state index < -0.39 is 24.1 Å². The molecular formula is C34H54N4O6. The number of carboxylic acids is 2. The Kier molecular flexibility index (Phi) is 10.1. The van der Waals surface area contributed by atoms with E-state index >= 15 is 0 Å². The van der Waals surface area contributed by atoms with Gasteiger partial charge in [-0.2, -0.15) is 0 Å². The number of nitrogens with one attached hydrogen (secondary N) is 4. The molecule has 246 valence electrons. The molecule has 12 atom stereocenters. The first-order valence-electron chi connectivity index (χ1n) is 16.7. The minimum atomic E-state index is -0.810. The van der Waals surface area contributed by atoms with Crippen molar-refractivity contribution in [1.29, 1.82) is 0 Å². The molecule has 5 heterocycles. The smallest absolute Gasteiger partial charge is 0.303 e. The number of fused-ring (bicyclic) bond motifs is 8. The third kappa shape index (κ3) is 6.57. The molecule has 8 N–H and O–H groups in total. The van der Waals surface area contributed by atoms with Gasteiger partial charge in [-0.1, -0.05) is 29.2 Å². The molecule has 0 saturated carbocycles. The fourth-order valence-corrected chi connectivity index (χ4v) is 9.50. The molecule has 0 aromatic rings. The summed E-state index contributed by atoms with van der Waals surface area (Å²) < 4.78 is 0. The minimum absolute atomic E-state index is 0.00207. The summed E-state index contributed by atoms with van der Waals surface area (Å²) in [6, 6.07) is 0.414. The van der Waals surface area contributed by atoms with Gasteiger partial charge in [-0.15, -0.1) is 0 Å². The summed E-state index contributed by atoms with van der Waals surface area (Å²) in [5.74, 6) is -1.15. The van der Waals surface area contributed by atoms with Gasteiger partial charge in [0.15, 0.2) is 0 Å². The molecule has 5 rings (SSSR count). The fourth-order valence-electron chi connectivity index (χ4n) is 9.50. The standard InChI is InChI=1S/C34H54N4O6/c1-15-21(7-9-31(41)42)27-14-28-22(8-10-32(43)44)16(2)24(36-28)12-29-34(20(6)40)18(4)26(38-29)13-30-33(19(5)39)17(3)25(37-30)11-23(15)35-27/h15,19-21,23-30,35-40H,7-14H2,1-6H3,(H,41,42)(H,43,44). The first-order valence-corrected chi connectivity index (χ1v) is 16.7. The van der Waals surface area contributed by atoms with E-state index in [2.05, 4.69) is 49.0 Å². The van der Waals surface area contributed by atoms with E-state index in [4.69, 9.17) is 0 Å². The maximum Gasteiger partial charge on any atom is 0.303 e. The zero-order valence-electron chi connectivity index (χ0n) is 27.2. The Morgan fingerprint density at radius 1 is 0.682 bits per heavy atom. The molecule has 12 unspecified atom stereocenters. The van der Waals surface area contributed by atoms with Gasteiger partial charge in [0.2, 0.25) is 0 Å². The monoisotopic (exact) mass is 614 g/mol. The third-order valence-electron chi connectivity index (χ3n) is 11.7. The Balaban J connectivity index is 1.53. The number of carbonyl (C=O) groups is 2. The van der Waals surface area contributed by atoms with E-state index in [1.165, 1.54) is 16.7 Å². The van der Waals surface area contributed by atoms with Crippen LogP contribution in [0.4, 0.5) is 0 Å². The zero-order valence-corrected chi connectivity index (χ0v) is 27.2. The van der Waals surface area contributed by atoms with Crippen LogP contribution in [0.5, 0.6) is 0 Å². The van der Waals surface area contributed by atoms with Gasteiger partial charge in [0.25, 0.3) is 0 Å². The predicted molar refractivity (Wildman–Crippen MR) is 169 cm³/mol. The summed E-state index contributed by atoms with van der Waals surface area (Å²) in [6.07, 6.45) is 3.23. The Morgan fingerprint density at radius 2 is 1.16 bits per heavy atom. The van der Waals surface area contributed by atoms with Crippen LogP contribution in [0.15, 0.2) is 33.4 Å². The van der Waals surface area contributed by atoms with Gasteiger partial charge in [-0.3, -0.25) is 9.59 Å². The van der Waals surface area contributed by atoms with Crippen molar-refractivity contribution in [3.8, 4) is 0 Å². The largest absolute Gasteiger partial charge is 0.481 e. The molecule has 2 saturated heterocycles. The molecule has 0 spiro atoms. The number of aliphatic carboxylic acids is 2. The van der Waals surface area contributed by atoms with Crippen molar-refractivity contribution in [3.05, 3.63) is 33.4 Å². The number of hydrogen-bond donors (Lipinski definition) is 8. The van der Waals surface area contributed by atoms with Crippen molar-refractivity contribution in [2.24, 2.45) is 11.8 Å². The van der Waals surface area contributed by atoms with Crippen molar-refractivity contribution in [1.82, 2.24) is 21.3 Å². The molecule has 0 radical (unpaired) electrons. The van der Waals surface area contributed by atoms with Gasteiger partial charge in [0.05, 0.1) is 12.2 Å². The zero-order chi connectivity index (χ0) is 32.0. The lowest BCUT2D eigenvalue weighted by atomic mass is 9.80. The Labute approximate surface area is 261 Å². The Bertz CT molecular complexity index is 1220. The SMILES string of the molecule is CC1=C(CCC(=O)O)C2CC3NC(CC4NC(CC5NC(CC1N2)C(C(C)O)=C5C)C(C(C)O)=C4C)C(C)C3CCC(=O)O. The first kappa shape index (κ1) is 33.3. The third-order valence-corrected chi connectivity index (χ3v) is 11.7. The number of carboxylic acid groups (broad SMARTS) is 2. The molecule has 2 fully saturated rings. The van der Waals surface area contributed by atoms with E-state index in [-0.39, 0.29) is 73.0 Å². The van der Waals surface area contributed by atoms with Crippen LogP contribution in [-0.4, -0.2) is 92.9 Å². The van der Waals surface area contributed by atoms with Crippen LogP contribution in [0.25, 0.3) is 0 Å². The molecule has 0 amide bonds. The minimum Gasteiger partial charge on any atom is -0.481 e. The maximum absolute atomic E-state index is 11.6. The van der Waals surface area contributed by atoms with Gasteiger partial charge < -0.3 is 41.7 Å². The average Bonchev–Trinajstić information content (AvgIpc) is 3.59. The highest BCUT2D eigenvalue weighted by Gasteiger charge is 2.46. The lowest BCUT2D eigenvalue weighted by Gasteiger charge is -2.28. The second kappa shape index (κ2) is 13.3. The average molecular weight is 615 g/mol. The summed E-state index contributed by atoms with van der Waals surface area (Å²) >= 11 is 0. The summed E-state index contributed by atoms with van der Waals surface area (Å²) in [5.41, 5.74) is 6.79. The highest BCUT2D eigenvalue weighted by Crippen LogP contribution is 2.41. The molecule has 5 aliphatic heterocycles. The lowest BCUT2D eigenvalue weighted by Crippen LogP contribution is -2.46. The van der Waals surface area contributed by atoms with Crippen LogP contribution in [0.3, 0.4) is 0 Å². The van der Waals surface area contributed by atoms with Gasteiger partial charge in [0.1, 0.15) is 0 Å². The molecule has 8 bridgehead atoms. The van der Waals surface area contributed by atoms with Gasteiger partial charge in [-0.05, 0) is 96.1 Å². The highest BCUT2D eigenvalue weighted by atomic mass is 16.4. The van der Waals surface area contributed by atoms with Crippen molar-refractivity contribution in [2.75, 3.05) is 0 Å². The molecular weight excluding hydrogens is 560 g/mol.